The van der Waals surface area contributed by atoms with Crippen molar-refractivity contribution in [2.24, 2.45) is 5.92 Å². The smallest absolute Gasteiger partial charge is 0.335 e. The average Bonchev–Trinajstić information content (AvgIpc) is 2.86. The highest BCUT2D eigenvalue weighted by molar-refractivity contribution is 5.87. The zero-order valence-corrected chi connectivity index (χ0v) is 19.4. The molecule has 35 heavy (non-hydrogen) atoms. The van der Waals surface area contributed by atoms with E-state index in [0.717, 1.165) is 35.5 Å². The molecule has 8 heteroatoms. The largest absolute Gasteiger partial charge is 0.458 e. The van der Waals surface area contributed by atoms with E-state index < -0.39 is 23.9 Å². The van der Waals surface area contributed by atoms with E-state index in [4.69, 9.17) is 18.9 Å². The van der Waals surface area contributed by atoms with Gasteiger partial charge in [0.05, 0.1) is 0 Å². The van der Waals surface area contributed by atoms with Crippen molar-refractivity contribution in [2.75, 3.05) is 13.2 Å². The fraction of sp³-hybridized carbons (Fsp3) is 0.185. The third-order valence-electron chi connectivity index (χ3n) is 4.90. The van der Waals surface area contributed by atoms with Crippen molar-refractivity contribution in [1.29, 1.82) is 0 Å². The van der Waals surface area contributed by atoms with Gasteiger partial charge in [0.25, 0.3) is 0 Å². The standard InChI is InChI=1S/C27H26O8/c1-6-23(28)32-15-18-12-17(5)27(20(13-18)16-33-24(29)7-2)19-10-11-21(34-25(30)8-3)22(14-19)35-26(31)9-4/h6-11,13-14,17H,1-4,12,15-16H2,5H3. The van der Waals surface area contributed by atoms with Crippen molar-refractivity contribution in [3.05, 3.63) is 91.6 Å². The van der Waals surface area contributed by atoms with E-state index in [1.54, 1.807) is 18.2 Å². The molecular formula is C27H26O8. The Morgan fingerprint density at radius 2 is 1.37 bits per heavy atom. The van der Waals surface area contributed by atoms with Crippen LogP contribution in [-0.2, 0) is 28.7 Å². The Morgan fingerprint density at radius 3 is 1.94 bits per heavy atom. The van der Waals surface area contributed by atoms with E-state index in [2.05, 4.69) is 26.3 Å². The van der Waals surface area contributed by atoms with E-state index in [1.807, 2.05) is 6.92 Å². The molecule has 1 aliphatic carbocycles. The molecule has 1 aliphatic rings. The summed E-state index contributed by atoms with van der Waals surface area (Å²) in [6.45, 7) is 15.5. The maximum atomic E-state index is 11.9. The molecule has 0 radical (unpaired) electrons. The Hall–Kier alpha value is -4.46. The number of carbonyl (C=O) groups is 4. The van der Waals surface area contributed by atoms with Gasteiger partial charge in [-0.2, -0.15) is 0 Å². The van der Waals surface area contributed by atoms with Gasteiger partial charge in [0.15, 0.2) is 11.5 Å². The second-order valence-corrected chi connectivity index (χ2v) is 7.38. The van der Waals surface area contributed by atoms with Crippen molar-refractivity contribution in [1.82, 2.24) is 0 Å². The molecule has 0 saturated carbocycles. The van der Waals surface area contributed by atoms with Gasteiger partial charge in [0, 0.05) is 24.3 Å². The van der Waals surface area contributed by atoms with E-state index in [-0.39, 0.29) is 30.6 Å². The molecule has 1 aromatic carbocycles. The lowest BCUT2D eigenvalue weighted by Gasteiger charge is -2.27. The van der Waals surface area contributed by atoms with Crippen LogP contribution in [-0.4, -0.2) is 37.1 Å². The number of carbonyl (C=O) groups excluding carboxylic acids is 4. The Labute approximate surface area is 203 Å². The molecule has 0 aliphatic heterocycles. The van der Waals surface area contributed by atoms with Crippen molar-refractivity contribution in [2.45, 2.75) is 13.3 Å². The Morgan fingerprint density at radius 1 is 0.829 bits per heavy atom. The molecule has 0 saturated heterocycles. The Balaban J connectivity index is 2.56. The van der Waals surface area contributed by atoms with Gasteiger partial charge >= 0.3 is 23.9 Å². The van der Waals surface area contributed by atoms with Crippen LogP contribution in [0.1, 0.15) is 18.9 Å². The molecular weight excluding hydrogens is 452 g/mol. The van der Waals surface area contributed by atoms with Crippen LogP contribution in [0.25, 0.3) is 5.57 Å². The molecule has 0 heterocycles. The highest BCUT2D eigenvalue weighted by atomic mass is 16.6. The van der Waals surface area contributed by atoms with Crippen LogP contribution in [0.15, 0.2) is 86.0 Å². The van der Waals surface area contributed by atoms with Gasteiger partial charge in [-0.05, 0) is 46.8 Å². The summed E-state index contributed by atoms with van der Waals surface area (Å²) < 4.78 is 20.9. The number of esters is 4. The van der Waals surface area contributed by atoms with Gasteiger partial charge in [0.1, 0.15) is 13.2 Å². The van der Waals surface area contributed by atoms with E-state index in [0.29, 0.717) is 17.6 Å². The second kappa shape index (κ2) is 12.7. The zero-order chi connectivity index (χ0) is 26.0. The number of benzene rings is 1. The normalized spacial score (nSPS) is 14.7. The summed E-state index contributed by atoms with van der Waals surface area (Å²) in [4.78, 5) is 46.8. The fourth-order valence-electron chi connectivity index (χ4n) is 3.46. The molecule has 0 N–H and O–H groups in total. The van der Waals surface area contributed by atoms with Crippen LogP contribution in [0.4, 0.5) is 0 Å². The highest BCUT2D eigenvalue weighted by Crippen LogP contribution is 2.40. The van der Waals surface area contributed by atoms with Crippen LogP contribution in [0.2, 0.25) is 0 Å². The average molecular weight is 478 g/mol. The molecule has 0 spiro atoms. The highest BCUT2D eigenvalue weighted by Gasteiger charge is 2.25. The lowest BCUT2D eigenvalue weighted by atomic mass is 9.81. The van der Waals surface area contributed by atoms with Crippen molar-refractivity contribution >= 4 is 29.5 Å². The third-order valence-corrected chi connectivity index (χ3v) is 4.90. The molecule has 1 aromatic rings. The van der Waals surface area contributed by atoms with Gasteiger partial charge in [-0.3, -0.25) is 0 Å². The van der Waals surface area contributed by atoms with Crippen molar-refractivity contribution in [3.8, 4) is 11.5 Å². The molecule has 0 bridgehead atoms. The SMILES string of the molecule is C=CC(=O)OCC1=CC(COC(=O)C=C)=C(c2ccc(OC(=O)C=C)c(OC(=O)C=C)c2)C(C)C1. The summed E-state index contributed by atoms with van der Waals surface area (Å²) in [5.41, 5.74) is 2.92. The minimum absolute atomic E-state index is 0.000532. The number of hydrogen-bond acceptors (Lipinski definition) is 8. The molecule has 1 atom stereocenters. The van der Waals surface area contributed by atoms with Gasteiger partial charge < -0.3 is 18.9 Å². The molecule has 1 unspecified atom stereocenters. The Bertz CT molecular complexity index is 1140. The first kappa shape index (κ1) is 26.8. The third kappa shape index (κ3) is 7.53. The summed E-state index contributed by atoms with van der Waals surface area (Å²) in [5, 5.41) is 0. The van der Waals surface area contributed by atoms with Crippen LogP contribution >= 0.6 is 0 Å². The maximum Gasteiger partial charge on any atom is 0.335 e. The lowest BCUT2D eigenvalue weighted by molar-refractivity contribution is -0.137. The van der Waals surface area contributed by atoms with Crippen LogP contribution in [0.5, 0.6) is 11.5 Å². The minimum Gasteiger partial charge on any atom is -0.458 e. The number of allylic oxidation sites excluding steroid dienone is 1. The number of rotatable bonds is 11. The lowest BCUT2D eigenvalue weighted by Crippen LogP contribution is -2.17. The second-order valence-electron chi connectivity index (χ2n) is 7.38. The molecule has 2 rings (SSSR count). The molecule has 0 amide bonds. The van der Waals surface area contributed by atoms with Gasteiger partial charge in [0.2, 0.25) is 0 Å². The summed E-state index contributed by atoms with van der Waals surface area (Å²) in [5.74, 6) is -2.70. The maximum absolute atomic E-state index is 11.9. The first-order valence-corrected chi connectivity index (χ1v) is 10.6. The monoisotopic (exact) mass is 478 g/mol. The van der Waals surface area contributed by atoms with Crippen LogP contribution in [0, 0.1) is 5.92 Å². The molecule has 8 nitrogen and oxygen atoms in total. The predicted molar refractivity (Wildman–Crippen MR) is 129 cm³/mol. The van der Waals surface area contributed by atoms with Crippen molar-refractivity contribution in [3.63, 3.8) is 0 Å². The van der Waals surface area contributed by atoms with Gasteiger partial charge in [-0.1, -0.05) is 45.4 Å². The first-order valence-electron chi connectivity index (χ1n) is 10.6. The molecule has 0 fully saturated rings. The van der Waals surface area contributed by atoms with Gasteiger partial charge in [-0.15, -0.1) is 0 Å². The van der Waals surface area contributed by atoms with E-state index >= 15 is 0 Å². The molecule has 0 aromatic heterocycles. The Kier molecular flexibility index (Phi) is 9.71. The summed E-state index contributed by atoms with van der Waals surface area (Å²) in [6, 6.07) is 4.72. The van der Waals surface area contributed by atoms with Crippen molar-refractivity contribution < 1.29 is 38.1 Å². The van der Waals surface area contributed by atoms with Crippen LogP contribution in [0.3, 0.4) is 0 Å². The summed E-state index contributed by atoms with van der Waals surface area (Å²) in [6.07, 6.45) is 6.44. The fourth-order valence-corrected chi connectivity index (χ4v) is 3.46. The minimum atomic E-state index is -0.741. The van der Waals surface area contributed by atoms with E-state index in [9.17, 15) is 19.2 Å². The first-order chi connectivity index (χ1) is 16.7. The zero-order valence-electron chi connectivity index (χ0n) is 19.4. The number of hydrogen-bond donors (Lipinski definition) is 0. The number of ether oxygens (including phenoxy) is 4. The topological polar surface area (TPSA) is 105 Å². The quantitative estimate of drug-likeness (QED) is 0.267. The predicted octanol–water partition coefficient (Wildman–Crippen LogP) is 4.05. The summed E-state index contributed by atoms with van der Waals surface area (Å²) in [7, 11) is 0. The summed E-state index contributed by atoms with van der Waals surface area (Å²) >= 11 is 0. The van der Waals surface area contributed by atoms with Crippen LogP contribution < -0.4 is 9.47 Å². The van der Waals surface area contributed by atoms with E-state index in [1.165, 1.54) is 6.07 Å². The van der Waals surface area contributed by atoms with Gasteiger partial charge in [-0.25, -0.2) is 19.2 Å². The molecule has 182 valence electrons.